The van der Waals surface area contributed by atoms with Crippen molar-refractivity contribution in [2.75, 3.05) is 5.32 Å². The molecule has 25 heavy (non-hydrogen) atoms. The van der Waals surface area contributed by atoms with Gasteiger partial charge in [-0.25, -0.2) is 4.39 Å². The maximum Gasteiger partial charge on any atom is 0.270 e. The molecule has 5 nitrogen and oxygen atoms in total. The number of benzene rings is 1. The molecule has 2 N–H and O–H groups in total. The largest absolute Gasteiger partial charge is 0.348 e. The predicted molar refractivity (Wildman–Crippen MR) is 92.9 cm³/mol. The van der Waals surface area contributed by atoms with E-state index in [9.17, 15) is 14.0 Å². The first-order chi connectivity index (χ1) is 12.1. The average molecular weight is 341 g/mol. The smallest absolute Gasteiger partial charge is 0.270 e. The van der Waals surface area contributed by atoms with E-state index in [4.69, 9.17) is 0 Å². The average Bonchev–Trinajstić information content (AvgIpc) is 2.64. The molecule has 1 aromatic carbocycles. The van der Waals surface area contributed by atoms with E-state index in [1.54, 1.807) is 0 Å². The number of carbonyl (C=O) groups is 2. The first kappa shape index (κ1) is 17.1. The van der Waals surface area contributed by atoms with E-state index in [0.717, 1.165) is 25.7 Å². The van der Waals surface area contributed by atoms with Crippen LogP contribution in [-0.2, 0) is 0 Å². The zero-order chi connectivity index (χ0) is 17.6. The molecule has 0 atom stereocenters. The van der Waals surface area contributed by atoms with Gasteiger partial charge in [0.25, 0.3) is 11.8 Å². The molecule has 0 unspecified atom stereocenters. The van der Waals surface area contributed by atoms with Crippen LogP contribution in [0.15, 0.2) is 42.6 Å². The number of nitrogens with one attached hydrogen (secondary N) is 2. The van der Waals surface area contributed by atoms with Gasteiger partial charge in [-0.2, -0.15) is 0 Å². The van der Waals surface area contributed by atoms with E-state index in [1.807, 2.05) is 0 Å². The lowest BCUT2D eigenvalue weighted by atomic mass is 9.95. The number of aromatic nitrogens is 1. The number of rotatable bonds is 4. The van der Waals surface area contributed by atoms with Gasteiger partial charge in [0.05, 0.1) is 0 Å². The highest BCUT2D eigenvalue weighted by molar-refractivity contribution is 6.05. The monoisotopic (exact) mass is 341 g/mol. The highest BCUT2D eigenvalue weighted by Gasteiger charge is 2.18. The SMILES string of the molecule is O=C(Nc1ccc(F)cc1)c1ccnc(C(=O)NC2CCCCC2)c1. The van der Waals surface area contributed by atoms with E-state index >= 15 is 0 Å². The Bertz CT molecular complexity index is 756. The number of halogens is 1. The van der Waals surface area contributed by atoms with Crippen LogP contribution in [0.1, 0.15) is 53.0 Å². The van der Waals surface area contributed by atoms with Gasteiger partial charge in [0.2, 0.25) is 0 Å². The Labute approximate surface area is 145 Å². The maximum atomic E-state index is 12.9. The quantitative estimate of drug-likeness (QED) is 0.893. The van der Waals surface area contributed by atoms with Crippen LogP contribution in [0.4, 0.5) is 10.1 Å². The Morgan fingerprint density at radius 1 is 1.00 bits per heavy atom. The van der Waals surface area contributed by atoms with Gasteiger partial charge in [0, 0.05) is 23.5 Å². The molecule has 1 aliphatic rings. The number of nitrogens with zero attached hydrogens (tertiary/aromatic N) is 1. The van der Waals surface area contributed by atoms with Gasteiger partial charge < -0.3 is 10.6 Å². The molecule has 1 heterocycles. The second-order valence-electron chi connectivity index (χ2n) is 6.20. The molecule has 1 aromatic heterocycles. The highest BCUT2D eigenvalue weighted by Crippen LogP contribution is 2.18. The third-order valence-corrected chi connectivity index (χ3v) is 4.30. The van der Waals surface area contributed by atoms with Crippen LogP contribution in [-0.4, -0.2) is 22.8 Å². The molecule has 2 aromatic rings. The Morgan fingerprint density at radius 3 is 2.44 bits per heavy atom. The van der Waals surface area contributed by atoms with E-state index < -0.39 is 0 Å². The molecule has 2 amide bonds. The van der Waals surface area contributed by atoms with Crippen molar-refractivity contribution in [3.05, 3.63) is 59.7 Å². The van der Waals surface area contributed by atoms with Gasteiger partial charge >= 0.3 is 0 Å². The molecular formula is C19H20FN3O2. The molecule has 0 aliphatic heterocycles. The first-order valence-electron chi connectivity index (χ1n) is 8.45. The number of amides is 2. The zero-order valence-corrected chi connectivity index (χ0v) is 13.8. The van der Waals surface area contributed by atoms with Gasteiger partial charge in [-0.3, -0.25) is 14.6 Å². The molecule has 0 saturated heterocycles. The zero-order valence-electron chi connectivity index (χ0n) is 13.8. The van der Waals surface area contributed by atoms with Crippen LogP contribution in [0.25, 0.3) is 0 Å². The van der Waals surface area contributed by atoms with Crippen molar-refractivity contribution in [1.82, 2.24) is 10.3 Å². The minimum Gasteiger partial charge on any atom is -0.348 e. The summed E-state index contributed by atoms with van der Waals surface area (Å²) in [5, 5.41) is 5.65. The van der Waals surface area contributed by atoms with Crippen molar-refractivity contribution in [3.63, 3.8) is 0 Å². The lowest BCUT2D eigenvalue weighted by Crippen LogP contribution is -2.36. The molecule has 6 heteroatoms. The molecule has 3 rings (SSSR count). The summed E-state index contributed by atoms with van der Waals surface area (Å²) < 4.78 is 12.9. The standard InChI is InChI=1S/C19H20FN3O2/c20-14-6-8-16(9-7-14)22-18(24)13-10-11-21-17(12-13)19(25)23-15-4-2-1-3-5-15/h6-12,15H,1-5H2,(H,22,24)(H,23,25). The molecule has 1 saturated carbocycles. The Balaban J connectivity index is 1.66. The topological polar surface area (TPSA) is 71.1 Å². The molecule has 0 radical (unpaired) electrons. The van der Waals surface area contributed by atoms with Crippen molar-refractivity contribution in [2.45, 2.75) is 38.1 Å². The van der Waals surface area contributed by atoms with Crippen molar-refractivity contribution in [1.29, 1.82) is 0 Å². The van der Waals surface area contributed by atoms with Crippen LogP contribution < -0.4 is 10.6 Å². The third kappa shape index (κ3) is 4.62. The molecule has 1 fully saturated rings. The fourth-order valence-corrected chi connectivity index (χ4v) is 2.94. The summed E-state index contributed by atoms with van der Waals surface area (Å²) in [6.07, 6.45) is 6.86. The summed E-state index contributed by atoms with van der Waals surface area (Å²) in [6.45, 7) is 0. The summed E-state index contributed by atoms with van der Waals surface area (Å²) in [6, 6.07) is 8.68. The number of anilines is 1. The number of hydrogen-bond donors (Lipinski definition) is 2. The Hall–Kier alpha value is -2.76. The fourth-order valence-electron chi connectivity index (χ4n) is 2.94. The number of carbonyl (C=O) groups excluding carboxylic acids is 2. The second-order valence-corrected chi connectivity index (χ2v) is 6.20. The Morgan fingerprint density at radius 2 is 1.72 bits per heavy atom. The van der Waals surface area contributed by atoms with E-state index in [1.165, 1.54) is 49.0 Å². The molecular weight excluding hydrogens is 321 g/mol. The lowest BCUT2D eigenvalue weighted by molar-refractivity contribution is 0.0922. The Kier molecular flexibility index (Phi) is 5.38. The molecule has 0 spiro atoms. The van der Waals surface area contributed by atoms with Crippen molar-refractivity contribution in [2.24, 2.45) is 0 Å². The normalized spacial score (nSPS) is 14.8. The summed E-state index contributed by atoms with van der Waals surface area (Å²) in [4.78, 5) is 28.7. The van der Waals surface area contributed by atoms with Gasteiger partial charge in [0.15, 0.2) is 0 Å². The predicted octanol–water partition coefficient (Wildman–Crippen LogP) is 3.54. The van der Waals surface area contributed by atoms with Crippen LogP contribution in [0.3, 0.4) is 0 Å². The number of hydrogen-bond acceptors (Lipinski definition) is 3. The third-order valence-electron chi connectivity index (χ3n) is 4.30. The summed E-state index contributed by atoms with van der Waals surface area (Å²) in [5.41, 5.74) is 1.03. The van der Waals surface area contributed by atoms with E-state index in [-0.39, 0.29) is 29.4 Å². The first-order valence-corrected chi connectivity index (χ1v) is 8.45. The minimum atomic E-state index is -0.374. The maximum absolute atomic E-state index is 12.9. The number of pyridine rings is 1. The van der Waals surface area contributed by atoms with Crippen LogP contribution in [0, 0.1) is 5.82 Å². The van der Waals surface area contributed by atoms with Gasteiger partial charge in [0.1, 0.15) is 11.5 Å². The van der Waals surface area contributed by atoms with Crippen molar-refractivity contribution >= 4 is 17.5 Å². The molecule has 0 bridgehead atoms. The van der Waals surface area contributed by atoms with Gasteiger partial charge in [-0.1, -0.05) is 19.3 Å². The van der Waals surface area contributed by atoms with Crippen molar-refractivity contribution < 1.29 is 14.0 Å². The second kappa shape index (κ2) is 7.88. The highest BCUT2D eigenvalue weighted by atomic mass is 19.1. The van der Waals surface area contributed by atoms with E-state index in [2.05, 4.69) is 15.6 Å². The molecule has 130 valence electrons. The van der Waals surface area contributed by atoms with Crippen molar-refractivity contribution in [3.8, 4) is 0 Å². The fraction of sp³-hybridized carbons (Fsp3) is 0.316. The summed E-state index contributed by atoms with van der Waals surface area (Å²) in [7, 11) is 0. The minimum absolute atomic E-state index is 0.180. The van der Waals surface area contributed by atoms with Gasteiger partial charge in [-0.05, 0) is 49.2 Å². The van der Waals surface area contributed by atoms with Crippen LogP contribution in [0.5, 0.6) is 0 Å². The van der Waals surface area contributed by atoms with E-state index in [0.29, 0.717) is 11.3 Å². The lowest BCUT2D eigenvalue weighted by Gasteiger charge is -2.22. The van der Waals surface area contributed by atoms with Gasteiger partial charge in [-0.15, -0.1) is 0 Å². The summed E-state index contributed by atoms with van der Waals surface area (Å²) >= 11 is 0. The van der Waals surface area contributed by atoms with Crippen LogP contribution >= 0.6 is 0 Å². The van der Waals surface area contributed by atoms with Crippen LogP contribution in [0.2, 0.25) is 0 Å². The summed E-state index contributed by atoms with van der Waals surface area (Å²) in [5.74, 6) is -1.01. The molecule has 1 aliphatic carbocycles.